The van der Waals surface area contributed by atoms with E-state index in [4.69, 9.17) is 0 Å². The van der Waals surface area contributed by atoms with Crippen LogP contribution in [0.25, 0.3) is 21.3 Å². The van der Waals surface area contributed by atoms with Crippen molar-refractivity contribution in [3.8, 4) is 11.1 Å². The van der Waals surface area contributed by atoms with Crippen molar-refractivity contribution in [3.05, 3.63) is 71.1 Å². The second-order valence-corrected chi connectivity index (χ2v) is 8.31. The molecule has 2 N–H and O–H groups in total. The van der Waals surface area contributed by atoms with Gasteiger partial charge in [0.1, 0.15) is 17.0 Å². The molecule has 5 nitrogen and oxygen atoms in total. The number of fused-ring (bicyclic) bond motifs is 1. The van der Waals surface area contributed by atoms with Gasteiger partial charge in [0.25, 0.3) is 0 Å². The molecule has 0 fully saturated rings. The number of aryl methyl sites for hydroxylation is 1. The highest BCUT2D eigenvalue weighted by atomic mass is 32.1. The predicted molar refractivity (Wildman–Crippen MR) is 120 cm³/mol. The average Bonchev–Trinajstić information content (AvgIpc) is 3.14. The van der Waals surface area contributed by atoms with Crippen LogP contribution in [0.5, 0.6) is 0 Å². The third kappa shape index (κ3) is 4.43. The van der Waals surface area contributed by atoms with Crippen molar-refractivity contribution in [1.29, 1.82) is 0 Å². The zero-order valence-electron chi connectivity index (χ0n) is 17.1. The average molecular weight is 456 g/mol. The summed E-state index contributed by atoms with van der Waals surface area (Å²) < 4.78 is 40.0. The van der Waals surface area contributed by atoms with Crippen LogP contribution in [0.4, 0.5) is 24.7 Å². The largest absolute Gasteiger partial charge is 0.369 e. The first-order chi connectivity index (χ1) is 15.5. The van der Waals surface area contributed by atoms with Gasteiger partial charge in [-0.1, -0.05) is 30.3 Å². The Bertz CT molecular complexity index is 1280. The van der Waals surface area contributed by atoms with E-state index in [1.165, 1.54) is 6.33 Å². The molecule has 0 bridgehead atoms. The van der Waals surface area contributed by atoms with Crippen LogP contribution in [0.1, 0.15) is 17.7 Å². The van der Waals surface area contributed by atoms with Crippen molar-refractivity contribution in [2.45, 2.75) is 19.8 Å². The van der Waals surface area contributed by atoms with E-state index in [-0.39, 0.29) is 12.1 Å². The number of hydrogen-bond donors (Lipinski definition) is 2. The van der Waals surface area contributed by atoms with Crippen LogP contribution >= 0.6 is 11.3 Å². The highest BCUT2D eigenvalue weighted by Gasteiger charge is 2.17. The molecule has 1 amide bonds. The summed E-state index contributed by atoms with van der Waals surface area (Å²) in [5, 5.41) is 6.44. The molecule has 32 heavy (non-hydrogen) atoms. The Balaban J connectivity index is 1.42. The Kier molecular flexibility index (Phi) is 6.36. The topological polar surface area (TPSA) is 66.9 Å². The minimum Gasteiger partial charge on any atom is -0.369 e. The number of carbonyl (C=O) groups is 1. The zero-order valence-corrected chi connectivity index (χ0v) is 17.9. The molecule has 4 aromatic rings. The summed E-state index contributed by atoms with van der Waals surface area (Å²) in [6.45, 7) is 2.48. The summed E-state index contributed by atoms with van der Waals surface area (Å²) in [5.41, 5.74) is 1.75. The van der Waals surface area contributed by atoms with Gasteiger partial charge < -0.3 is 10.6 Å². The van der Waals surface area contributed by atoms with E-state index in [9.17, 15) is 18.0 Å². The molecular weight excluding hydrogens is 437 g/mol. The fourth-order valence-corrected chi connectivity index (χ4v) is 4.43. The van der Waals surface area contributed by atoms with E-state index in [1.807, 2.05) is 37.3 Å². The molecule has 0 aliphatic rings. The number of anilines is 2. The lowest BCUT2D eigenvalue weighted by Crippen LogP contribution is -2.15. The molecule has 0 saturated heterocycles. The van der Waals surface area contributed by atoms with Crippen molar-refractivity contribution in [2.75, 3.05) is 17.2 Å². The summed E-state index contributed by atoms with van der Waals surface area (Å²) in [6, 6.07) is 11.7. The minimum absolute atomic E-state index is 0.0634. The predicted octanol–water partition coefficient (Wildman–Crippen LogP) is 5.91. The number of hydrogen-bond acceptors (Lipinski definition) is 5. The lowest BCUT2D eigenvalue weighted by molar-refractivity contribution is -0.116. The van der Waals surface area contributed by atoms with Gasteiger partial charge in [0.15, 0.2) is 17.5 Å². The second kappa shape index (κ2) is 9.35. The molecule has 0 atom stereocenters. The first kappa shape index (κ1) is 21.8. The maximum Gasteiger partial charge on any atom is 0.224 e. The molecule has 9 heteroatoms. The lowest BCUT2D eigenvalue weighted by atomic mass is 10.0. The molecule has 0 aliphatic carbocycles. The van der Waals surface area contributed by atoms with Crippen LogP contribution in [-0.2, 0) is 4.79 Å². The van der Waals surface area contributed by atoms with Gasteiger partial charge >= 0.3 is 0 Å². The van der Waals surface area contributed by atoms with Crippen molar-refractivity contribution in [2.24, 2.45) is 0 Å². The number of rotatable bonds is 7. The Morgan fingerprint density at radius 2 is 1.81 bits per heavy atom. The Labute approximate surface area is 186 Å². The van der Waals surface area contributed by atoms with Crippen LogP contribution in [0.15, 0.2) is 48.8 Å². The zero-order chi connectivity index (χ0) is 22.7. The summed E-state index contributed by atoms with van der Waals surface area (Å²) in [6.07, 6.45) is 1.98. The van der Waals surface area contributed by atoms with E-state index >= 15 is 0 Å². The maximum atomic E-state index is 13.7. The van der Waals surface area contributed by atoms with Crippen LogP contribution in [0.2, 0.25) is 0 Å². The Morgan fingerprint density at radius 1 is 1.03 bits per heavy atom. The second-order valence-electron chi connectivity index (χ2n) is 7.10. The molecular formula is C23H19F3N4OS. The van der Waals surface area contributed by atoms with E-state index in [1.54, 1.807) is 11.3 Å². The monoisotopic (exact) mass is 456 g/mol. The van der Waals surface area contributed by atoms with Gasteiger partial charge in [-0.25, -0.2) is 23.1 Å². The van der Waals surface area contributed by atoms with Gasteiger partial charge in [-0.2, -0.15) is 0 Å². The van der Waals surface area contributed by atoms with E-state index in [0.29, 0.717) is 18.8 Å². The number of carbonyl (C=O) groups excluding carboxylic acids is 1. The van der Waals surface area contributed by atoms with E-state index in [2.05, 4.69) is 20.6 Å². The van der Waals surface area contributed by atoms with Gasteiger partial charge in [0.05, 0.1) is 11.1 Å². The molecule has 2 aromatic carbocycles. The molecule has 164 valence electrons. The molecule has 2 aromatic heterocycles. The lowest BCUT2D eigenvalue weighted by Gasteiger charge is -2.10. The van der Waals surface area contributed by atoms with Crippen LogP contribution in [-0.4, -0.2) is 22.4 Å². The molecule has 0 radical (unpaired) electrons. The van der Waals surface area contributed by atoms with Crippen LogP contribution in [0.3, 0.4) is 0 Å². The molecule has 0 saturated carbocycles. The first-order valence-corrected chi connectivity index (χ1v) is 10.7. The maximum absolute atomic E-state index is 13.7. The van der Waals surface area contributed by atoms with Crippen molar-refractivity contribution < 1.29 is 18.0 Å². The highest BCUT2D eigenvalue weighted by molar-refractivity contribution is 7.19. The van der Waals surface area contributed by atoms with Crippen molar-refractivity contribution >= 4 is 39.0 Å². The molecule has 2 heterocycles. The summed E-state index contributed by atoms with van der Waals surface area (Å²) in [7, 11) is 0. The number of amides is 1. The normalized spacial score (nSPS) is 11.0. The Hall–Kier alpha value is -3.46. The molecule has 0 aliphatic heterocycles. The number of aromatic nitrogens is 2. The third-order valence-electron chi connectivity index (χ3n) is 4.91. The fourth-order valence-electron chi connectivity index (χ4n) is 3.42. The van der Waals surface area contributed by atoms with Crippen LogP contribution < -0.4 is 10.6 Å². The summed E-state index contributed by atoms with van der Waals surface area (Å²) in [4.78, 5) is 22.8. The summed E-state index contributed by atoms with van der Waals surface area (Å²) >= 11 is 1.59. The smallest absolute Gasteiger partial charge is 0.224 e. The molecule has 0 spiro atoms. The van der Waals surface area contributed by atoms with E-state index in [0.717, 1.165) is 38.4 Å². The first-order valence-electron chi connectivity index (χ1n) is 9.92. The van der Waals surface area contributed by atoms with Crippen LogP contribution in [0, 0.1) is 24.4 Å². The Morgan fingerprint density at radius 3 is 2.59 bits per heavy atom. The quantitative estimate of drug-likeness (QED) is 0.268. The standard InChI is InChI=1S/C23H19F3N4OS/c1-13-18(14-6-3-2-4-7-14)19-22(28-12-29-23(19)32-13)27-11-5-8-17(31)30-16-10-9-15(24)20(25)21(16)26/h2-4,6-7,9-10,12H,5,8,11H2,1H3,(H,30,31)(H,27,28,29). The highest BCUT2D eigenvalue weighted by Crippen LogP contribution is 2.40. The van der Waals surface area contributed by atoms with Gasteiger partial charge in [0.2, 0.25) is 5.91 Å². The van der Waals surface area contributed by atoms with Crippen molar-refractivity contribution in [3.63, 3.8) is 0 Å². The fraction of sp³-hybridized carbons (Fsp3) is 0.174. The molecule has 0 unspecified atom stereocenters. The number of nitrogens with zero attached hydrogens (tertiary/aromatic N) is 2. The molecule has 4 rings (SSSR count). The number of benzene rings is 2. The van der Waals surface area contributed by atoms with Crippen molar-refractivity contribution in [1.82, 2.24) is 9.97 Å². The number of thiophene rings is 1. The van der Waals surface area contributed by atoms with Gasteiger partial charge in [-0.3, -0.25) is 4.79 Å². The SMILES string of the molecule is Cc1sc2ncnc(NCCCC(=O)Nc3ccc(F)c(F)c3F)c2c1-c1ccccc1. The van der Waals surface area contributed by atoms with Gasteiger partial charge in [0, 0.05) is 23.4 Å². The van der Waals surface area contributed by atoms with E-state index < -0.39 is 23.4 Å². The minimum atomic E-state index is -1.61. The van der Waals surface area contributed by atoms with Gasteiger partial charge in [-0.15, -0.1) is 11.3 Å². The number of nitrogens with one attached hydrogen (secondary N) is 2. The summed E-state index contributed by atoms with van der Waals surface area (Å²) in [5.74, 6) is -4.16. The van der Waals surface area contributed by atoms with Gasteiger partial charge in [-0.05, 0) is 31.0 Å². The third-order valence-corrected chi connectivity index (χ3v) is 5.92. The number of halogens is 3.